The number of benzene rings is 2. The molecule has 4 rings (SSSR count). The minimum Gasteiger partial charge on any atom is -0.463 e. The summed E-state index contributed by atoms with van der Waals surface area (Å²) in [5.74, 6) is 0.271. The van der Waals surface area contributed by atoms with Crippen LogP contribution in [0.1, 0.15) is 24.1 Å². The topological polar surface area (TPSA) is 63.2 Å². The Morgan fingerprint density at radius 1 is 1.19 bits per heavy atom. The van der Waals surface area contributed by atoms with Crippen molar-refractivity contribution in [3.05, 3.63) is 81.0 Å². The Kier molecular flexibility index (Phi) is 7.48. The maximum absolute atomic E-state index is 13.2. The van der Waals surface area contributed by atoms with Crippen molar-refractivity contribution in [2.75, 3.05) is 39.5 Å². The molecule has 2 aromatic rings. The zero-order chi connectivity index (χ0) is 22.5. The van der Waals surface area contributed by atoms with Crippen molar-refractivity contribution < 1.29 is 14.3 Å². The van der Waals surface area contributed by atoms with Crippen LogP contribution in [0.4, 0.5) is 0 Å². The van der Waals surface area contributed by atoms with E-state index in [0.29, 0.717) is 46.8 Å². The average molecular weight is 474 g/mol. The van der Waals surface area contributed by atoms with Gasteiger partial charge in [-0.1, -0.05) is 59.6 Å². The lowest BCUT2D eigenvalue weighted by Gasteiger charge is -2.33. The Hall–Kier alpha value is -2.38. The minimum absolute atomic E-state index is 0.267. The number of morpholine rings is 1. The fraction of sp³-hybridized carbons (Fsp3) is 0.333. The Balaban J connectivity index is 1.82. The molecule has 0 bridgehead atoms. The molecular formula is C24H25Cl2N3O3. The Bertz CT molecular complexity index is 1030. The maximum Gasteiger partial charge on any atom is 0.338 e. The number of halogens is 2. The second-order valence-electron chi connectivity index (χ2n) is 7.54. The van der Waals surface area contributed by atoms with Crippen LogP contribution in [0.3, 0.4) is 0 Å². The molecule has 168 valence electrons. The van der Waals surface area contributed by atoms with Crippen LogP contribution in [-0.4, -0.2) is 56.2 Å². The first-order chi connectivity index (χ1) is 15.6. The number of hydrogen-bond acceptors (Lipinski definition) is 6. The van der Waals surface area contributed by atoms with E-state index in [2.05, 4.69) is 10.2 Å². The van der Waals surface area contributed by atoms with Gasteiger partial charge in [0, 0.05) is 46.5 Å². The Morgan fingerprint density at radius 2 is 1.94 bits per heavy atom. The molecule has 1 N–H and O–H groups in total. The molecule has 6 nitrogen and oxygen atoms in total. The fourth-order valence-corrected chi connectivity index (χ4v) is 4.36. The minimum atomic E-state index is -0.619. The molecule has 0 spiro atoms. The number of esters is 1. The van der Waals surface area contributed by atoms with Crippen LogP contribution in [0.2, 0.25) is 10.0 Å². The van der Waals surface area contributed by atoms with E-state index in [1.165, 1.54) is 0 Å². The molecule has 2 heterocycles. The van der Waals surface area contributed by atoms with Gasteiger partial charge in [0.1, 0.15) is 11.9 Å². The number of nitrogens with zero attached hydrogens (tertiary/aromatic N) is 2. The number of ether oxygens (including phenoxy) is 2. The van der Waals surface area contributed by atoms with Crippen molar-refractivity contribution in [2.45, 2.75) is 13.0 Å². The number of hydrogen-bond donors (Lipinski definition) is 1. The maximum atomic E-state index is 13.2. The Morgan fingerprint density at radius 3 is 2.62 bits per heavy atom. The summed E-state index contributed by atoms with van der Waals surface area (Å²) < 4.78 is 10.9. The summed E-state index contributed by atoms with van der Waals surface area (Å²) >= 11 is 12.7. The van der Waals surface area contributed by atoms with Crippen LogP contribution in [0.15, 0.2) is 64.8 Å². The molecular weight excluding hydrogens is 449 g/mol. The first-order valence-electron chi connectivity index (χ1n) is 10.6. The highest BCUT2D eigenvalue weighted by Gasteiger charge is 2.34. The predicted octanol–water partition coefficient (Wildman–Crippen LogP) is 4.23. The normalized spacial score (nSPS) is 19.3. The second-order valence-corrected chi connectivity index (χ2v) is 8.38. The lowest BCUT2D eigenvalue weighted by atomic mass is 9.94. The van der Waals surface area contributed by atoms with E-state index in [1.807, 2.05) is 36.4 Å². The van der Waals surface area contributed by atoms with Crippen LogP contribution >= 0.6 is 23.2 Å². The quantitative estimate of drug-likeness (QED) is 0.635. The number of rotatable bonds is 6. The third kappa shape index (κ3) is 5.15. The summed E-state index contributed by atoms with van der Waals surface area (Å²) in [6, 6.07) is 14.4. The molecule has 1 saturated heterocycles. The zero-order valence-electron chi connectivity index (χ0n) is 17.8. The molecule has 0 saturated carbocycles. The fourth-order valence-electron chi connectivity index (χ4n) is 3.84. The molecule has 2 aromatic carbocycles. The van der Waals surface area contributed by atoms with Crippen molar-refractivity contribution in [2.24, 2.45) is 4.99 Å². The number of carbonyl (C=O) groups excluding carboxylic acids is 1. The molecule has 0 radical (unpaired) electrons. The van der Waals surface area contributed by atoms with Crippen molar-refractivity contribution in [3.8, 4) is 0 Å². The first kappa shape index (κ1) is 22.8. The van der Waals surface area contributed by atoms with Crippen molar-refractivity contribution in [3.63, 3.8) is 0 Å². The highest BCUT2D eigenvalue weighted by Crippen LogP contribution is 2.37. The summed E-state index contributed by atoms with van der Waals surface area (Å²) in [6.07, 6.45) is 0. The van der Waals surface area contributed by atoms with Gasteiger partial charge in [0.25, 0.3) is 0 Å². The molecule has 8 heteroatoms. The van der Waals surface area contributed by atoms with E-state index in [4.69, 9.17) is 37.7 Å². The number of carbonyl (C=O) groups is 1. The van der Waals surface area contributed by atoms with Gasteiger partial charge in [0.15, 0.2) is 0 Å². The highest BCUT2D eigenvalue weighted by atomic mass is 35.5. The molecule has 0 amide bonds. The van der Waals surface area contributed by atoms with E-state index in [0.717, 1.165) is 24.4 Å². The van der Waals surface area contributed by atoms with Crippen molar-refractivity contribution >= 4 is 35.0 Å². The molecule has 0 aromatic heterocycles. The van der Waals surface area contributed by atoms with Gasteiger partial charge in [-0.3, -0.25) is 9.89 Å². The number of amidine groups is 1. The summed E-state index contributed by atoms with van der Waals surface area (Å²) in [5, 5.41) is 4.39. The molecule has 1 fully saturated rings. The number of nitrogens with one attached hydrogen (secondary N) is 1. The molecule has 2 aliphatic heterocycles. The molecule has 1 unspecified atom stereocenters. The van der Waals surface area contributed by atoms with E-state index in [-0.39, 0.29) is 6.61 Å². The SMILES string of the molecule is CCOC(=O)C1=C(CN2CCOCC2)NC(c2ccccc2)=NC1c1ccc(Cl)cc1Cl. The lowest BCUT2D eigenvalue weighted by molar-refractivity contribution is -0.139. The lowest BCUT2D eigenvalue weighted by Crippen LogP contribution is -2.43. The second kappa shape index (κ2) is 10.5. The molecule has 2 aliphatic rings. The van der Waals surface area contributed by atoms with Gasteiger partial charge < -0.3 is 14.8 Å². The van der Waals surface area contributed by atoms with Gasteiger partial charge in [-0.05, 0) is 19.1 Å². The van der Waals surface area contributed by atoms with Gasteiger partial charge in [0.05, 0.1) is 25.4 Å². The third-order valence-electron chi connectivity index (χ3n) is 5.41. The van der Waals surface area contributed by atoms with E-state index in [1.54, 1.807) is 19.1 Å². The monoisotopic (exact) mass is 473 g/mol. The summed E-state index contributed by atoms with van der Waals surface area (Å²) in [4.78, 5) is 20.3. The van der Waals surface area contributed by atoms with Crippen LogP contribution in [-0.2, 0) is 14.3 Å². The first-order valence-corrected chi connectivity index (χ1v) is 11.4. The van der Waals surface area contributed by atoms with Crippen molar-refractivity contribution in [1.82, 2.24) is 10.2 Å². The summed E-state index contributed by atoms with van der Waals surface area (Å²) in [6.45, 7) is 5.49. The van der Waals surface area contributed by atoms with Crippen LogP contribution < -0.4 is 5.32 Å². The van der Waals surface area contributed by atoms with Crippen LogP contribution in [0, 0.1) is 0 Å². The number of aliphatic imine (C=N–C) groups is 1. The summed E-state index contributed by atoms with van der Waals surface area (Å²) in [5.41, 5.74) is 2.84. The smallest absolute Gasteiger partial charge is 0.338 e. The molecule has 1 atom stereocenters. The van der Waals surface area contributed by atoms with E-state index < -0.39 is 12.0 Å². The Labute approximate surface area is 197 Å². The van der Waals surface area contributed by atoms with Gasteiger partial charge in [-0.2, -0.15) is 0 Å². The van der Waals surface area contributed by atoms with Gasteiger partial charge in [0.2, 0.25) is 0 Å². The average Bonchev–Trinajstić information content (AvgIpc) is 2.80. The van der Waals surface area contributed by atoms with Gasteiger partial charge in [-0.15, -0.1) is 0 Å². The van der Waals surface area contributed by atoms with E-state index >= 15 is 0 Å². The third-order valence-corrected chi connectivity index (χ3v) is 5.97. The highest BCUT2D eigenvalue weighted by molar-refractivity contribution is 6.35. The van der Waals surface area contributed by atoms with Crippen LogP contribution in [0.5, 0.6) is 0 Å². The zero-order valence-corrected chi connectivity index (χ0v) is 19.3. The molecule has 0 aliphatic carbocycles. The standard InChI is InChI=1S/C24H25Cl2N3O3/c1-2-32-24(30)21-20(15-29-10-12-31-13-11-29)27-23(16-6-4-3-5-7-16)28-22(21)18-9-8-17(25)14-19(18)26/h3-9,14,22H,2,10-13,15H2,1H3,(H,27,28). The van der Waals surface area contributed by atoms with Gasteiger partial charge in [-0.25, -0.2) is 4.79 Å². The van der Waals surface area contributed by atoms with Gasteiger partial charge >= 0.3 is 5.97 Å². The summed E-state index contributed by atoms with van der Waals surface area (Å²) in [7, 11) is 0. The molecule has 32 heavy (non-hydrogen) atoms. The van der Waals surface area contributed by atoms with Crippen molar-refractivity contribution in [1.29, 1.82) is 0 Å². The predicted molar refractivity (Wildman–Crippen MR) is 126 cm³/mol. The largest absolute Gasteiger partial charge is 0.463 e. The van der Waals surface area contributed by atoms with Crippen LogP contribution in [0.25, 0.3) is 0 Å². The van der Waals surface area contributed by atoms with E-state index in [9.17, 15) is 4.79 Å².